The molecule has 0 aliphatic rings. The third-order valence-electron chi connectivity index (χ3n) is 3.80. The molecule has 0 bridgehead atoms. The van der Waals surface area contributed by atoms with Crippen LogP contribution in [0.1, 0.15) is 27.0 Å². The maximum atomic E-state index is 12.9. The first kappa shape index (κ1) is 17.3. The molecule has 0 atom stereocenters. The fraction of sp³-hybridized carbons (Fsp3) is 0.0476. The summed E-state index contributed by atoms with van der Waals surface area (Å²) >= 11 is 0. The molecule has 0 aliphatic heterocycles. The molecule has 3 aromatic rings. The lowest BCUT2D eigenvalue weighted by Crippen LogP contribution is -2.09. The van der Waals surface area contributed by atoms with Crippen LogP contribution in [0.5, 0.6) is 0 Å². The first-order valence-electron chi connectivity index (χ1n) is 7.55. The molecule has 3 rings (SSSR count). The van der Waals surface area contributed by atoms with Crippen LogP contribution in [0.25, 0.3) is 11.1 Å². The summed E-state index contributed by atoms with van der Waals surface area (Å²) in [5.41, 5.74) is 0.171. The third kappa shape index (κ3) is 3.29. The van der Waals surface area contributed by atoms with Gasteiger partial charge in [0.25, 0.3) is 0 Å². The minimum Gasteiger partial charge on any atom is -0.289 e. The van der Waals surface area contributed by atoms with E-state index in [1.54, 1.807) is 24.3 Å². The molecule has 0 spiro atoms. The largest absolute Gasteiger partial charge is 0.416 e. The lowest BCUT2D eigenvalue weighted by atomic mass is 9.90. The normalized spacial score (nSPS) is 10.7. The molecule has 26 heavy (non-hydrogen) atoms. The van der Waals surface area contributed by atoms with Gasteiger partial charge in [-0.15, -0.1) is 0 Å². The molecule has 0 saturated heterocycles. The second-order valence-electron chi connectivity index (χ2n) is 5.46. The van der Waals surface area contributed by atoms with Crippen molar-refractivity contribution in [3.8, 4) is 17.2 Å². The summed E-state index contributed by atoms with van der Waals surface area (Å²) in [5, 5.41) is 9.37. The van der Waals surface area contributed by atoms with Gasteiger partial charge in [-0.3, -0.25) is 4.79 Å². The summed E-state index contributed by atoms with van der Waals surface area (Å²) in [7, 11) is 0. The van der Waals surface area contributed by atoms with Gasteiger partial charge in [-0.2, -0.15) is 18.4 Å². The van der Waals surface area contributed by atoms with Crippen LogP contribution < -0.4 is 0 Å². The molecular formula is C21H10F3NO. The highest BCUT2D eigenvalue weighted by molar-refractivity contribution is 6.13. The predicted octanol–water partition coefficient (Wildman–Crippen LogP) is 5.08. The molecule has 3 aromatic carbocycles. The fourth-order valence-electron chi connectivity index (χ4n) is 2.62. The van der Waals surface area contributed by atoms with E-state index in [9.17, 15) is 23.2 Å². The van der Waals surface area contributed by atoms with E-state index >= 15 is 0 Å². The molecule has 0 heterocycles. The Labute approximate surface area is 148 Å². The Bertz CT molecular complexity index is 1000. The van der Waals surface area contributed by atoms with E-state index in [-0.39, 0.29) is 16.7 Å². The maximum Gasteiger partial charge on any atom is 0.416 e. The predicted molar refractivity (Wildman–Crippen MR) is 89.1 cm³/mol. The molecular weight excluding hydrogens is 339 g/mol. The van der Waals surface area contributed by atoms with Crippen LogP contribution >= 0.6 is 0 Å². The van der Waals surface area contributed by atoms with Crippen LogP contribution in [0.15, 0.2) is 60.7 Å². The van der Waals surface area contributed by atoms with Gasteiger partial charge < -0.3 is 0 Å². The Morgan fingerprint density at radius 2 is 1.81 bits per heavy atom. The van der Waals surface area contributed by atoms with E-state index in [1.165, 1.54) is 24.3 Å². The highest BCUT2D eigenvalue weighted by Crippen LogP contribution is 2.32. The Balaban J connectivity index is 2.17. The standard InChI is InChI=1S/C21H10F3NO/c22-21(23,24)17-10-4-8-15(12-17)20(26)18-11-5-9-16(13-25)19(18)14-6-2-1-3-7-14/h1-2,4-6,8-12H. The van der Waals surface area contributed by atoms with Crippen molar-refractivity contribution in [3.63, 3.8) is 0 Å². The van der Waals surface area contributed by atoms with Crippen molar-refractivity contribution >= 4 is 5.78 Å². The smallest absolute Gasteiger partial charge is 0.289 e. The van der Waals surface area contributed by atoms with Crippen molar-refractivity contribution in [1.29, 1.82) is 5.26 Å². The lowest BCUT2D eigenvalue weighted by Gasteiger charge is -2.11. The van der Waals surface area contributed by atoms with E-state index in [1.807, 2.05) is 6.07 Å². The Morgan fingerprint density at radius 3 is 2.46 bits per heavy atom. The average molecular weight is 349 g/mol. The number of carbonyl (C=O) groups excluding carboxylic acids is 1. The number of hydrogen-bond donors (Lipinski definition) is 0. The molecule has 0 unspecified atom stereocenters. The van der Waals surface area contributed by atoms with Crippen molar-refractivity contribution in [2.75, 3.05) is 0 Å². The minimum atomic E-state index is -4.55. The Morgan fingerprint density at radius 1 is 1.04 bits per heavy atom. The van der Waals surface area contributed by atoms with Crippen molar-refractivity contribution < 1.29 is 18.0 Å². The van der Waals surface area contributed by atoms with E-state index < -0.39 is 17.5 Å². The van der Waals surface area contributed by atoms with Crippen LogP contribution in [0, 0.1) is 23.5 Å². The second-order valence-corrected chi connectivity index (χ2v) is 5.46. The van der Waals surface area contributed by atoms with Gasteiger partial charge in [-0.1, -0.05) is 42.5 Å². The molecule has 0 aromatic heterocycles. The third-order valence-corrected chi connectivity index (χ3v) is 3.80. The molecule has 2 nitrogen and oxygen atoms in total. The SMILES string of the molecule is N#Cc1cccc(C(=O)c2cccc(C(F)(F)F)c2)c1-c1c#cccc1. The summed E-state index contributed by atoms with van der Waals surface area (Å²) in [4.78, 5) is 12.9. The summed E-state index contributed by atoms with van der Waals surface area (Å²) in [6.45, 7) is 0. The van der Waals surface area contributed by atoms with Crippen LogP contribution in [-0.4, -0.2) is 5.78 Å². The molecule has 0 radical (unpaired) electrons. The number of rotatable bonds is 3. The van der Waals surface area contributed by atoms with E-state index in [0.717, 1.165) is 12.1 Å². The summed E-state index contributed by atoms with van der Waals surface area (Å²) < 4.78 is 38.8. The quantitative estimate of drug-likeness (QED) is 0.619. The number of nitriles is 1. The number of nitrogens with zero attached hydrogens (tertiary/aromatic N) is 1. The lowest BCUT2D eigenvalue weighted by molar-refractivity contribution is -0.137. The molecule has 0 saturated carbocycles. The maximum absolute atomic E-state index is 12.9. The minimum absolute atomic E-state index is 0.101. The molecule has 0 amide bonds. The van der Waals surface area contributed by atoms with Gasteiger partial charge in [0.2, 0.25) is 0 Å². The van der Waals surface area contributed by atoms with Crippen molar-refractivity contribution in [2.24, 2.45) is 0 Å². The van der Waals surface area contributed by atoms with Gasteiger partial charge >= 0.3 is 6.18 Å². The average Bonchev–Trinajstić information content (AvgIpc) is 2.67. The summed E-state index contributed by atoms with van der Waals surface area (Å²) in [5.74, 6) is -0.597. The summed E-state index contributed by atoms with van der Waals surface area (Å²) in [6.07, 6.45) is -4.55. The fourth-order valence-corrected chi connectivity index (χ4v) is 2.62. The van der Waals surface area contributed by atoms with E-state index in [4.69, 9.17) is 0 Å². The van der Waals surface area contributed by atoms with E-state index in [2.05, 4.69) is 12.1 Å². The highest BCUT2D eigenvalue weighted by Gasteiger charge is 2.31. The zero-order valence-corrected chi connectivity index (χ0v) is 13.3. The number of benzene rings is 2. The van der Waals surface area contributed by atoms with Crippen LogP contribution in [0.4, 0.5) is 13.2 Å². The van der Waals surface area contributed by atoms with Gasteiger partial charge in [-0.25, -0.2) is 0 Å². The Hall–Kier alpha value is -3.57. The van der Waals surface area contributed by atoms with Crippen LogP contribution in [-0.2, 0) is 6.18 Å². The monoisotopic (exact) mass is 349 g/mol. The molecule has 0 fully saturated rings. The molecule has 5 heteroatoms. The second kappa shape index (κ2) is 6.74. The zero-order chi connectivity index (χ0) is 18.7. The van der Waals surface area contributed by atoms with E-state index in [0.29, 0.717) is 11.1 Å². The van der Waals surface area contributed by atoms with Gasteiger partial charge in [0.05, 0.1) is 17.2 Å². The number of carbonyl (C=O) groups is 1. The van der Waals surface area contributed by atoms with Gasteiger partial charge in [0.15, 0.2) is 5.78 Å². The number of halogens is 3. The van der Waals surface area contributed by atoms with Crippen molar-refractivity contribution in [1.82, 2.24) is 0 Å². The molecule has 0 N–H and O–H groups in total. The number of ketones is 1. The van der Waals surface area contributed by atoms with Gasteiger partial charge in [0, 0.05) is 22.3 Å². The van der Waals surface area contributed by atoms with Crippen LogP contribution in [0.2, 0.25) is 0 Å². The topological polar surface area (TPSA) is 40.9 Å². The van der Waals surface area contributed by atoms with Gasteiger partial charge in [-0.05, 0) is 30.3 Å². The number of hydrogen-bond acceptors (Lipinski definition) is 2. The summed E-state index contributed by atoms with van der Waals surface area (Å²) in [6, 6.07) is 21.3. The van der Waals surface area contributed by atoms with Crippen molar-refractivity contribution in [3.05, 3.63) is 95.1 Å². The number of alkyl halides is 3. The molecule has 0 aliphatic carbocycles. The molecule has 126 valence electrons. The first-order valence-corrected chi connectivity index (χ1v) is 7.55. The first-order chi connectivity index (χ1) is 12.4. The highest BCUT2D eigenvalue weighted by atomic mass is 19.4. The zero-order valence-electron chi connectivity index (χ0n) is 13.3. The Kier molecular flexibility index (Phi) is 4.47. The van der Waals surface area contributed by atoms with Gasteiger partial charge in [0.1, 0.15) is 0 Å². The van der Waals surface area contributed by atoms with Crippen LogP contribution in [0.3, 0.4) is 0 Å². The van der Waals surface area contributed by atoms with Crippen molar-refractivity contribution in [2.45, 2.75) is 6.18 Å².